The van der Waals surface area contributed by atoms with Gasteiger partial charge in [-0.25, -0.2) is 14.9 Å². The van der Waals surface area contributed by atoms with E-state index >= 15 is 0 Å². The maximum atomic E-state index is 14.6. The van der Waals surface area contributed by atoms with E-state index < -0.39 is 11.8 Å². The molecule has 0 radical (unpaired) electrons. The third-order valence-corrected chi connectivity index (χ3v) is 9.43. The molecule has 0 fully saturated rings. The Bertz CT molecular complexity index is 2760. The van der Waals surface area contributed by atoms with Crippen LogP contribution in [0.5, 0.6) is 0 Å². The van der Waals surface area contributed by atoms with E-state index in [2.05, 4.69) is 22.1 Å². The summed E-state index contributed by atoms with van der Waals surface area (Å²) in [6.07, 6.45) is 0. The van der Waals surface area contributed by atoms with Crippen molar-refractivity contribution in [3.05, 3.63) is 168 Å². The number of fused-ring (bicyclic) bond motifs is 4. The zero-order chi connectivity index (χ0) is 35.3. The Balaban J connectivity index is 1.27. The summed E-state index contributed by atoms with van der Waals surface area (Å²) in [7, 11) is 0. The number of aromatic nitrogens is 3. The number of nitrogens with zero attached hydrogens (tertiary/aromatic N) is 6. The quantitative estimate of drug-likeness (QED) is 0.169. The molecule has 2 amide bonds. The Morgan fingerprint density at radius 3 is 1.69 bits per heavy atom. The number of hydrogen-bond acceptors (Lipinski definition) is 6. The summed E-state index contributed by atoms with van der Waals surface area (Å²) >= 11 is 0. The van der Waals surface area contributed by atoms with Crippen LogP contribution < -0.4 is 4.90 Å². The van der Waals surface area contributed by atoms with Crippen LogP contribution in [0.4, 0.5) is 5.69 Å². The highest BCUT2D eigenvalue weighted by atomic mass is 16.2. The fourth-order valence-electron chi connectivity index (χ4n) is 7.06. The van der Waals surface area contributed by atoms with Crippen LogP contribution in [-0.2, 0) is 0 Å². The maximum Gasteiger partial charge on any atom is 0.268 e. The minimum atomic E-state index is -0.421. The van der Waals surface area contributed by atoms with E-state index in [1.165, 1.54) is 4.90 Å². The van der Waals surface area contributed by atoms with E-state index in [4.69, 9.17) is 0 Å². The van der Waals surface area contributed by atoms with E-state index in [0.717, 1.165) is 44.1 Å². The molecule has 3 aromatic heterocycles. The summed E-state index contributed by atoms with van der Waals surface area (Å²) in [5.74, 6) is -0.820. The third kappa shape index (κ3) is 4.83. The zero-order valence-corrected chi connectivity index (χ0v) is 27.4. The zero-order valence-electron chi connectivity index (χ0n) is 27.4. The Kier molecular flexibility index (Phi) is 7.03. The van der Waals surface area contributed by atoms with Gasteiger partial charge < -0.3 is 4.57 Å². The molecule has 0 aliphatic carbocycles. The molecule has 8 aromatic rings. The van der Waals surface area contributed by atoms with E-state index in [-0.39, 0.29) is 0 Å². The summed E-state index contributed by atoms with van der Waals surface area (Å²) in [5.41, 5.74) is 8.49. The molecule has 9 rings (SSSR count). The fourth-order valence-corrected chi connectivity index (χ4v) is 7.06. The van der Waals surface area contributed by atoms with Gasteiger partial charge in [0.05, 0.1) is 44.9 Å². The van der Waals surface area contributed by atoms with Crippen LogP contribution >= 0.6 is 0 Å². The largest absolute Gasteiger partial charge is 0.308 e. The lowest BCUT2D eigenvalue weighted by molar-refractivity contribution is 0.0926. The highest BCUT2D eigenvalue weighted by Crippen LogP contribution is 2.40. The number of hydrogen-bond donors (Lipinski definition) is 0. The van der Waals surface area contributed by atoms with Crippen molar-refractivity contribution in [2.24, 2.45) is 0 Å². The molecule has 52 heavy (non-hydrogen) atoms. The second-order valence-electron chi connectivity index (χ2n) is 12.4. The van der Waals surface area contributed by atoms with Crippen molar-refractivity contribution in [3.8, 4) is 51.5 Å². The number of nitriles is 2. The summed E-state index contributed by atoms with van der Waals surface area (Å²) < 4.78 is 2.01. The Hall–Kier alpha value is -7.68. The second kappa shape index (κ2) is 12.0. The van der Waals surface area contributed by atoms with Gasteiger partial charge in [-0.2, -0.15) is 10.5 Å². The summed E-state index contributed by atoms with van der Waals surface area (Å²) in [5, 5.41) is 20.9. The van der Waals surface area contributed by atoms with Gasteiger partial charge in [0.1, 0.15) is 23.5 Å². The number of carbonyl (C=O) groups excluding carboxylic acids is 2. The molecule has 8 heteroatoms. The van der Waals surface area contributed by atoms with Crippen LogP contribution in [0.2, 0.25) is 0 Å². The van der Waals surface area contributed by atoms with E-state index in [1.807, 2.05) is 108 Å². The average Bonchev–Trinajstić information content (AvgIpc) is 3.67. The van der Waals surface area contributed by atoms with Crippen molar-refractivity contribution in [2.75, 3.05) is 4.90 Å². The van der Waals surface area contributed by atoms with Crippen molar-refractivity contribution >= 4 is 39.3 Å². The molecule has 5 aromatic carbocycles. The number of benzene rings is 5. The summed E-state index contributed by atoms with van der Waals surface area (Å²) in [6.45, 7) is 0. The number of rotatable bonds is 5. The van der Waals surface area contributed by atoms with E-state index in [9.17, 15) is 20.1 Å². The van der Waals surface area contributed by atoms with Gasteiger partial charge in [0.25, 0.3) is 11.8 Å². The van der Waals surface area contributed by atoms with Crippen molar-refractivity contribution in [1.29, 1.82) is 10.5 Å². The number of amides is 2. The molecule has 0 saturated carbocycles. The fraction of sp³-hybridized carbons (Fsp3) is 0. The second-order valence-corrected chi connectivity index (χ2v) is 12.4. The van der Waals surface area contributed by atoms with Gasteiger partial charge in [-0.15, -0.1) is 0 Å². The van der Waals surface area contributed by atoms with Crippen LogP contribution in [-0.4, -0.2) is 26.3 Å². The van der Waals surface area contributed by atoms with Gasteiger partial charge in [-0.3, -0.25) is 9.59 Å². The minimum absolute atomic E-state index is 0.293. The van der Waals surface area contributed by atoms with Crippen LogP contribution in [0, 0.1) is 22.7 Å². The number of anilines is 1. The first-order chi connectivity index (χ1) is 25.5. The Morgan fingerprint density at radius 2 is 1.08 bits per heavy atom. The third-order valence-electron chi connectivity index (χ3n) is 9.43. The molecule has 1 aliphatic heterocycles. The minimum Gasteiger partial charge on any atom is -0.308 e. The number of imide groups is 1. The molecule has 0 unspecified atom stereocenters. The molecule has 0 spiro atoms. The molecular weight excluding hydrogens is 645 g/mol. The Morgan fingerprint density at radius 1 is 0.500 bits per heavy atom. The van der Waals surface area contributed by atoms with Crippen LogP contribution in [0.3, 0.4) is 0 Å². The van der Waals surface area contributed by atoms with Gasteiger partial charge in [0.15, 0.2) is 0 Å². The number of carbonyl (C=O) groups is 2. The summed E-state index contributed by atoms with van der Waals surface area (Å²) in [6, 6.07) is 49.4. The Labute approximate surface area is 297 Å². The van der Waals surface area contributed by atoms with Crippen molar-refractivity contribution in [3.63, 3.8) is 0 Å². The number of pyridine rings is 2. The first kappa shape index (κ1) is 30.4. The topological polar surface area (TPSA) is 116 Å². The molecule has 0 atom stereocenters. The smallest absolute Gasteiger partial charge is 0.268 e. The van der Waals surface area contributed by atoms with Crippen LogP contribution in [0.25, 0.3) is 61.1 Å². The van der Waals surface area contributed by atoms with Crippen molar-refractivity contribution < 1.29 is 9.59 Å². The predicted octanol–water partition coefficient (Wildman–Crippen LogP) is 9.12. The maximum absolute atomic E-state index is 14.6. The molecule has 0 bridgehead atoms. The highest BCUT2D eigenvalue weighted by molar-refractivity contribution is 6.36. The highest BCUT2D eigenvalue weighted by Gasteiger charge is 2.39. The van der Waals surface area contributed by atoms with Gasteiger partial charge in [0.2, 0.25) is 0 Å². The van der Waals surface area contributed by atoms with E-state index in [1.54, 1.807) is 42.5 Å². The lowest BCUT2D eigenvalue weighted by Gasteiger charge is -2.16. The molecule has 0 N–H and O–H groups in total. The first-order valence-electron chi connectivity index (χ1n) is 16.5. The van der Waals surface area contributed by atoms with Crippen molar-refractivity contribution in [1.82, 2.24) is 14.5 Å². The van der Waals surface area contributed by atoms with Gasteiger partial charge in [-0.05, 0) is 71.8 Å². The van der Waals surface area contributed by atoms with Crippen LogP contribution in [0.1, 0.15) is 32.1 Å². The monoisotopic (exact) mass is 668 g/mol. The first-order valence-corrected chi connectivity index (χ1v) is 16.5. The van der Waals surface area contributed by atoms with Crippen LogP contribution in [0.15, 0.2) is 146 Å². The molecule has 8 nitrogen and oxygen atoms in total. The standard InChI is InChI=1S/C44H24N6O2/c45-25-31-11-5-15-37(47-31)29-18-20-34-35-21-19-30(38-16-6-12-32(26-46)48-38)24-41(35)50(40(34)23-29)39-17-7-14-36-42(39)44(52)49(43(36)51)33-13-4-10-28(22-33)27-8-2-1-3-9-27/h1-24H. The molecule has 4 heterocycles. The lowest BCUT2D eigenvalue weighted by Crippen LogP contribution is -2.29. The van der Waals surface area contributed by atoms with E-state index in [0.29, 0.717) is 45.3 Å². The SMILES string of the molecule is N#Cc1cccc(-c2ccc3c4ccc(-c5cccc(C#N)n5)cc4n(-c4cccc5c4C(=O)N(c4cccc(-c6ccccc6)c4)C5=O)c3c2)n1. The molecular formula is C44H24N6O2. The average molecular weight is 669 g/mol. The van der Waals surface area contributed by atoms with Crippen molar-refractivity contribution in [2.45, 2.75) is 0 Å². The molecule has 0 saturated heterocycles. The van der Waals surface area contributed by atoms with Gasteiger partial charge >= 0.3 is 0 Å². The lowest BCUT2D eigenvalue weighted by atomic mass is 10.0. The normalized spacial score (nSPS) is 12.2. The molecule has 242 valence electrons. The molecule has 1 aliphatic rings. The van der Waals surface area contributed by atoms with Gasteiger partial charge in [-0.1, -0.05) is 84.9 Å². The predicted molar refractivity (Wildman–Crippen MR) is 200 cm³/mol. The summed E-state index contributed by atoms with van der Waals surface area (Å²) in [4.78, 5) is 39.0. The van der Waals surface area contributed by atoms with Gasteiger partial charge in [0, 0.05) is 21.9 Å².